The Labute approximate surface area is 129 Å². The number of hydrogen-bond acceptors (Lipinski definition) is 4. The lowest BCUT2D eigenvalue weighted by molar-refractivity contribution is 0.0686. The third-order valence-corrected chi connectivity index (χ3v) is 4.32. The van der Waals surface area contributed by atoms with Gasteiger partial charge in [-0.3, -0.25) is 0 Å². The van der Waals surface area contributed by atoms with Crippen LogP contribution in [0.1, 0.15) is 41.2 Å². The molecule has 1 aliphatic rings. The number of nitrogens with zero attached hydrogens (tertiary/aromatic N) is 2. The molecular weight excluding hydrogens is 280 g/mol. The molecule has 0 aliphatic carbocycles. The molecule has 2 heterocycles. The molecule has 5 nitrogen and oxygen atoms in total. The highest BCUT2D eigenvalue weighted by molar-refractivity contribution is 5.86. The van der Waals surface area contributed by atoms with Gasteiger partial charge in [0.05, 0.1) is 0 Å². The topological polar surface area (TPSA) is 66.6 Å². The maximum Gasteiger partial charge on any atom is 0.358 e. The number of carboxylic acid groups (broad SMARTS) is 1. The zero-order valence-corrected chi connectivity index (χ0v) is 12.7. The highest BCUT2D eigenvalue weighted by Crippen LogP contribution is 2.31. The Bertz CT molecular complexity index is 665. The maximum atomic E-state index is 10.9. The molecule has 1 saturated heterocycles. The van der Waals surface area contributed by atoms with Crippen LogP contribution in [0.4, 0.5) is 0 Å². The Kier molecular flexibility index (Phi) is 4.24. The van der Waals surface area contributed by atoms with Crippen LogP contribution >= 0.6 is 0 Å². The zero-order valence-electron chi connectivity index (χ0n) is 12.7. The van der Waals surface area contributed by atoms with Gasteiger partial charge < -0.3 is 14.5 Å². The van der Waals surface area contributed by atoms with Gasteiger partial charge in [0.15, 0.2) is 11.5 Å². The molecule has 1 atom stereocenters. The van der Waals surface area contributed by atoms with Crippen LogP contribution in [0.5, 0.6) is 0 Å². The average molecular weight is 300 g/mol. The van der Waals surface area contributed by atoms with Gasteiger partial charge >= 0.3 is 5.97 Å². The average Bonchev–Trinajstić information content (AvgIpc) is 2.91. The number of rotatable bonds is 3. The fourth-order valence-corrected chi connectivity index (χ4v) is 3.03. The second-order valence-corrected chi connectivity index (χ2v) is 5.94. The molecule has 1 aliphatic heterocycles. The van der Waals surface area contributed by atoms with E-state index in [1.54, 1.807) is 0 Å². The van der Waals surface area contributed by atoms with Crippen LogP contribution in [0.2, 0.25) is 0 Å². The Morgan fingerprint density at radius 2 is 2.18 bits per heavy atom. The Morgan fingerprint density at radius 1 is 1.32 bits per heavy atom. The van der Waals surface area contributed by atoms with Crippen molar-refractivity contribution < 1.29 is 14.4 Å². The fourth-order valence-electron chi connectivity index (χ4n) is 3.03. The predicted molar refractivity (Wildman–Crippen MR) is 83.0 cm³/mol. The Morgan fingerprint density at radius 3 is 2.95 bits per heavy atom. The van der Waals surface area contributed by atoms with E-state index in [9.17, 15) is 4.79 Å². The molecular formula is C17H20N2O3. The fraction of sp³-hybridized carbons (Fsp3) is 0.412. The summed E-state index contributed by atoms with van der Waals surface area (Å²) in [6, 6.07) is 9.65. The molecule has 1 aromatic carbocycles. The third-order valence-electron chi connectivity index (χ3n) is 4.32. The SMILES string of the molecule is CN1CCCC(c2cccc(-c3cc(C(=O)O)no3)c2)CC1. The molecule has 0 radical (unpaired) electrons. The summed E-state index contributed by atoms with van der Waals surface area (Å²) in [6.07, 6.45) is 3.54. The molecule has 5 heteroatoms. The largest absolute Gasteiger partial charge is 0.476 e. The van der Waals surface area contributed by atoms with Crippen molar-refractivity contribution in [1.82, 2.24) is 10.1 Å². The monoisotopic (exact) mass is 300 g/mol. The molecule has 0 amide bonds. The van der Waals surface area contributed by atoms with Crippen molar-refractivity contribution in [2.75, 3.05) is 20.1 Å². The van der Waals surface area contributed by atoms with Crippen molar-refractivity contribution >= 4 is 5.97 Å². The molecule has 2 aromatic rings. The van der Waals surface area contributed by atoms with E-state index >= 15 is 0 Å². The summed E-state index contributed by atoms with van der Waals surface area (Å²) in [5.74, 6) is -0.0188. The number of aromatic nitrogens is 1. The normalized spacial score (nSPS) is 19.8. The number of likely N-dealkylation sites (tertiary alicyclic amines) is 1. The van der Waals surface area contributed by atoms with E-state index in [-0.39, 0.29) is 5.69 Å². The lowest BCUT2D eigenvalue weighted by Crippen LogP contribution is -2.18. The van der Waals surface area contributed by atoms with Crippen molar-refractivity contribution in [1.29, 1.82) is 0 Å². The van der Waals surface area contributed by atoms with Gasteiger partial charge in [-0.15, -0.1) is 0 Å². The van der Waals surface area contributed by atoms with Gasteiger partial charge in [-0.1, -0.05) is 23.4 Å². The first-order chi connectivity index (χ1) is 10.6. The van der Waals surface area contributed by atoms with E-state index in [4.69, 9.17) is 9.63 Å². The van der Waals surface area contributed by atoms with Gasteiger partial charge in [0.1, 0.15) is 0 Å². The quantitative estimate of drug-likeness (QED) is 0.942. The molecule has 0 spiro atoms. The van der Waals surface area contributed by atoms with Crippen LogP contribution in [0, 0.1) is 0 Å². The van der Waals surface area contributed by atoms with Crippen LogP contribution in [-0.2, 0) is 0 Å². The van der Waals surface area contributed by atoms with Crippen LogP contribution in [0.15, 0.2) is 34.9 Å². The van der Waals surface area contributed by atoms with Gasteiger partial charge in [0.25, 0.3) is 0 Å². The highest BCUT2D eigenvalue weighted by atomic mass is 16.5. The van der Waals surface area contributed by atoms with E-state index in [0.717, 1.165) is 25.1 Å². The molecule has 0 saturated carbocycles. The molecule has 22 heavy (non-hydrogen) atoms. The zero-order chi connectivity index (χ0) is 15.5. The van der Waals surface area contributed by atoms with Gasteiger partial charge in [0.2, 0.25) is 0 Å². The second-order valence-electron chi connectivity index (χ2n) is 5.94. The minimum Gasteiger partial charge on any atom is -0.476 e. The smallest absolute Gasteiger partial charge is 0.358 e. The summed E-state index contributed by atoms with van der Waals surface area (Å²) in [6.45, 7) is 2.26. The summed E-state index contributed by atoms with van der Waals surface area (Å²) >= 11 is 0. The summed E-state index contributed by atoms with van der Waals surface area (Å²) in [4.78, 5) is 13.3. The predicted octanol–water partition coefficient (Wildman–Crippen LogP) is 3.24. The molecule has 0 bridgehead atoms. The second kappa shape index (κ2) is 6.32. The first-order valence-corrected chi connectivity index (χ1v) is 7.62. The van der Waals surface area contributed by atoms with E-state index < -0.39 is 5.97 Å². The molecule has 1 unspecified atom stereocenters. The molecule has 116 valence electrons. The maximum absolute atomic E-state index is 10.9. The Balaban J connectivity index is 1.83. The van der Waals surface area contributed by atoms with Crippen molar-refractivity contribution in [3.63, 3.8) is 0 Å². The van der Waals surface area contributed by atoms with Gasteiger partial charge in [-0.05, 0) is 56.9 Å². The number of carboxylic acids is 1. The van der Waals surface area contributed by atoms with Gasteiger partial charge in [0, 0.05) is 11.6 Å². The first-order valence-electron chi connectivity index (χ1n) is 7.62. The van der Waals surface area contributed by atoms with E-state index in [1.165, 1.54) is 24.5 Å². The van der Waals surface area contributed by atoms with Crippen LogP contribution in [-0.4, -0.2) is 41.3 Å². The summed E-state index contributed by atoms with van der Waals surface area (Å²) < 4.78 is 5.16. The summed E-state index contributed by atoms with van der Waals surface area (Å²) in [5, 5.41) is 12.5. The minimum absolute atomic E-state index is 0.0588. The van der Waals surface area contributed by atoms with Gasteiger partial charge in [-0.2, -0.15) is 0 Å². The van der Waals surface area contributed by atoms with Crippen molar-refractivity contribution in [3.05, 3.63) is 41.6 Å². The first kappa shape index (κ1) is 14.8. The summed E-state index contributed by atoms with van der Waals surface area (Å²) in [5.41, 5.74) is 2.12. The van der Waals surface area contributed by atoms with Crippen LogP contribution < -0.4 is 0 Å². The van der Waals surface area contributed by atoms with Crippen molar-refractivity contribution in [2.24, 2.45) is 0 Å². The van der Waals surface area contributed by atoms with E-state index in [1.807, 2.05) is 12.1 Å². The van der Waals surface area contributed by atoms with Crippen LogP contribution in [0.3, 0.4) is 0 Å². The Hall–Kier alpha value is -2.14. The van der Waals surface area contributed by atoms with Gasteiger partial charge in [-0.25, -0.2) is 4.79 Å². The lowest BCUT2D eigenvalue weighted by Gasteiger charge is -2.15. The number of benzene rings is 1. The van der Waals surface area contributed by atoms with E-state index in [2.05, 4.69) is 29.2 Å². The number of aromatic carboxylic acids is 1. The molecule has 1 fully saturated rings. The van der Waals surface area contributed by atoms with E-state index in [0.29, 0.717) is 11.7 Å². The standard InChI is InChI=1S/C17H20N2O3/c1-19-8-3-6-12(7-9-19)13-4-2-5-14(10-13)16-11-15(17(20)21)18-22-16/h2,4-5,10-12H,3,6-9H2,1H3,(H,20,21). The molecule has 1 N–H and O–H groups in total. The lowest BCUT2D eigenvalue weighted by atomic mass is 9.91. The highest BCUT2D eigenvalue weighted by Gasteiger charge is 2.18. The minimum atomic E-state index is -1.07. The number of carbonyl (C=O) groups is 1. The third kappa shape index (κ3) is 3.20. The summed E-state index contributed by atoms with van der Waals surface area (Å²) in [7, 11) is 2.17. The molecule has 1 aromatic heterocycles. The number of hydrogen-bond donors (Lipinski definition) is 1. The molecule has 3 rings (SSSR count). The van der Waals surface area contributed by atoms with Crippen LogP contribution in [0.25, 0.3) is 11.3 Å². The van der Waals surface area contributed by atoms with Crippen molar-refractivity contribution in [2.45, 2.75) is 25.2 Å². The van der Waals surface area contributed by atoms with Crippen molar-refractivity contribution in [3.8, 4) is 11.3 Å².